The minimum Gasteiger partial charge on any atom is -0.324 e. The highest BCUT2D eigenvalue weighted by Crippen LogP contribution is 2.37. The van der Waals surface area contributed by atoms with Crippen molar-refractivity contribution in [2.45, 2.75) is 45.1 Å². The zero-order valence-electron chi connectivity index (χ0n) is 10.5. The summed E-state index contributed by atoms with van der Waals surface area (Å²) in [5.74, 6) is 1.88. The van der Waals surface area contributed by atoms with E-state index >= 15 is 0 Å². The van der Waals surface area contributed by atoms with E-state index in [0.29, 0.717) is 5.92 Å². The third-order valence-electron chi connectivity index (χ3n) is 3.86. The molecule has 0 saturated heterocycles. The average Bonchev–Trinajstić information content (AvgIpc) is 2.54. The van der Waals surface area contributed by atoms with Gasteiger partial charge in [-0.2, -0.15) is 0 Å². The maximum Gasteiger partial charge on any atom is 0.116 e. The second kappa shape index (κ2) is 3.84. The molecule has 0 radical (unpaired) electrons. The summed E-state index contributed by atoms with van der Waals surface area (Å²) in [6, 6.07) is 4.25. The monoisotopic (exact) mass is 229 g/mol. The third-order valence-corrected chi connectivity index (χ3v) is 3.86. The maximum absolute atomic E-state index is 6.04. The van der Waals surface area contributed by atoms with Crippen molar-refractivity contribution in [2.24, 2.45) is 5.73 Å². The zero-order chi connectivity index (χ0) is 12.0. The van der Waals surface area contributed by atoms with E-state index in [1.54, 1.807) is 0 Å². The van der Waals surface area contributed by atoms with Gasteiger partial charge >= 0.3 is 0 Å². The van der Waals surface area contributed by atoms with Crippen molar-refractivity contribution in [2.75, 3.05) is 0 Å². The molecule has 3 heteroatoms. The van der Waals surface area contributed by atoms with Gasteiger partial charge in [0.25, 0.3) is 0 Å². The highest BCUT2D eigenvalue weighted by molar-refractivity contribution is 5.61. The molecule has 1 unspecified atom stereocenters. The molecule has 1 aliphatic rings. The van der Waals surface area contributed by atoms with Gasteiger partial charge < -0.3 is 10.1 Å². The molecule has 0 spiro atoms. The van der Waals surface area contributed by atoms with E-state index in [-0.39, 0.29) is 6.04 Å². The van der Waals surface area contributed by atoms with E-state index in [2.05, 4.69) is 29.7 Å². The molecule has 2 aromatic rings. The summed E-state index contributed by atoms with van der Waals surface area (Å²) in [5.41, 5.74) is 9.56. The molecule has 90 valence electrons. The Kier molecular flexibility index (Phi) is 2.44. The van der Waals surface area contributed by atoms with Gasteiger partial charge in [-0.15, -0.1) is 0 Å². The number of nitrogens with two attached hydrogens (primary N) is 1. The van der Waals surface area contributed by atoms with Gasteiger partial charge in [-0.1, -0.05) is 12.5 Å². The van der Waals surface area contributed by atoms with Crippen LogP contribution in [0.2, 0.25) is 0 Å². The molecule has 0 bridgehead atoms. The van der Waals surface area contributed by atoms with Crippen LogP contribution in [0.3, 0.4) is 0 Å². The van der Waals surface area contributed by atoms with Crippen molar-refractivity contribution in [3.8, 4) is 0 Å². The van der Waals surface area contributed by atoms with Crippen LogP contribution in [0.4, 0.5) is 0 Å². The molecule has 1 aliphatic carbocycles. The minimum atomic E-state index is 0.0586. The lowest BCUT2D eigenvalue weighted by atomic mass is 9.85. The smallest absolute Gasteiger partial charge is 0.116 e. The lowest BCUT2D eigenvalue weighted by molar-refractivity contribution is 0.400. The van der Waals surface area contributed by atoms with Crippen LogP contribution in [0.1, 0.15) is 55.2 Å². The van der Waals surface area contributed by atoms with E-state index in [1.807, 2.05) is 6.92 Å². The number of hydrogen-bond donors (Lipinski definition) is 1. The molecular weight excluding hydrogens is 210 g/mol. The summed E-state index contributed by atoms with van der Waals surface area (Å²) in [7, 11) is 0. The molecule has 3 rings (SSSR count). The SMILES string of the molecule is Cc1nc(C2CCC2)n2cccc(C(C)N)c12. The van der Waals surface area contributed by atoms with Crippen LogP contribution in [0.25, 0.3) is 5.52 Å². The van der Waals surface area contributed by atoms with Crippen LogP contribution >= 0.6 is 0 Å². The van der Waals surface area contributed by atoms with Crippen LogP contribution in [0.5, 0.6) is 0 Å². The second-order valence-electron chi connectivity index (χ2n) is 5.15. The Morgan fingerprint density at radius 2 is 2.24 bits per heavy atom. The summed E-state index contributed by atoms with van der Waals surface area (Å²) >= 11 is 0. The lowest BCUT2D eigenvalue weighted by Crippen LogP contribution is -2.13. The van der Waals surface area contributed by atoms with Gasteiger partial charge in [0, 0.05) is 18.2 Å². The number of fused-ring (bicyclic) bond motifs is 1. The Hall–Kier alpha value is -1.35. The van der Waals surface area contributed by atoms with Crippen LogP contribution in [0.15, 0.2) is 18.3 Å². The van der Waals surface area contributed by atoms with Gasteiger partial charge in [0.2, 0.25) is 0 Å². The first-order chi connectivity index (χ1) is 8.18. The molecule has 3 nitrogen and oxygen atoms in total. The number of rotatable bonds is 2. The molecule has 0 aromatic carbocycles. The normalized spacial score (nSPS) is 18.3. The zero-order valence-corrected chi connectivity index (χ0v) is 10.5. The van der Waals surface area contributed by atoms with Crippen molar-refractivity contribution in [1.82, 2.24) is 9.38 Å². The van der Waals surface area contributed by atoms with Crippen molar-refractivity contribution in [3.63, 3.8) is 0 Å². The van der Waals surface area contributed by atoms with Crippen LogP contribution in [-0.2, 0) is 0 Å². The summed E-state index contributed by atoms with van der Waals surface area (Å²) in [4.78, 5) is 4.76. The summed E-state index contributed by atoms with van der Waals surface area (Å²) in [5, 5.41) is 0. The average molecular weight is 229 g/mol. The van der Waals surface area contributed by atoms with E-state index in [4.69, 9.17) is 10.7 Å². The first-order valence-corrected chi connectivity index (χ1v) is 6.41. The van der Waals surface area contributed by atoms with Crippen LogP contribution in [0, 0.1) is 6.92 Å². The molecule has 2 aromatic heterocycles. The second-order valence-corrected chi connectivity index (χ2v) is 5.15. The van der Waals surface area contributed by atoms with Gasteiger partial charge in [-0.05, 0) is 38.3 Å². The van der Waals surface area contributed by atoms with Crippen LogP contribution in [-0.4, -0.2) is 9.38 Å². The Labute approximate surface area is 102 Å². The minimum absolute atomic E-state index is 0.0586. The molecule has 1 saturated carbocycles. The fourth-order valence-corrected chi connectivity index (χ4v) is 2.70. The highest BCUT2D eigenvalue weighted by Gasteiger charge is 2.25. The van der Waals surface area contributed by atoms with Gasteiger partial charge in [0.15, 0.2) is 0 Å². The Balaban J connectivity index is 2.23. The molecule has 1 fully saturated rings. The summed E-state index contributed by atoms with van der Waals surface area (Å²) < 4.78 is 2.25. The summed E-state index contributed by atoms with van der Waals surface area (Å²) in [6.07, 6.45) is 6.02. The molecular formula is C14H19N3. The molecule has 17 heavy (non-hydrogen) atoms. The van der Waals surface area contributed by atoms with Gasteiger partial charge in [0.05, 0.1) is 11.2 Å². The Morgan fingerprint density at radius 1 is 1.47 bits per heavy atom. The predicted molar refractivity (Wildman–Crippen MR) is 69.1 cm³/mol. The van der Waals surface area contributed by atoms with E-state index in [1.165, 1.54) is 36.2 Å². The van der Waals surface area contributed by atoms with Gasteiger partial charge in [-0.3, -0.25) is 0 Å². The topological polar surface area (TPSA) is 43.3 Å². The fourth-order valence-electron chi connectivity index (χ4n) is 2.70. The number of imidazole rings is 1. The van der Waals surface area contributed by atoms with Crippen LogP contribution < -0.4 is 5.73 Å². The fraction of sp³-hybridized carbons (Fsp3) is 0.500. The Morgan fingerprint density at radius 3 is 2.82 bits per heavy atom. The van der Waals surface area contributed by atoms with E-state index < -0.39 is 0 Å². The molecule has 0 aliphatic heterocycles. The first-order valence-electron chi connectivity index (χ1n) is 6.41. The number of pyridine rings is 1. The molecule has 1 atom stereocenters. The van der Waals surface area contributed by atoms with Crippen molar-refractivity contribution >= 4 is 5.52 Å². The van der Waals surface area contributed by atoms with E-state index in [9.17, 15) is 0 Å². The third kappa shape index (κ3) is 1.57. The lowest BCUT2D eigenvalue weighted by Gasteiger charge is -2.24. The number of hydrogen-bond acceptors (Lipinski definition) is 2. The number of nitrogens with zero attached hydrogens (tertiary/aromatic N) is 2. The van der Waals surface area contributed by atoms with Crippen molar-refractivity contribution < 1.29 is 0 Å². The highest BCUT2D eigenvalue weighted by atomic mass is 15.0. The molecule has 2 heterocycles. The standard InChI is InChI=1S/C14H19N3/c1-9(15)12-7-4-8-17-13(12)10(2)16-14(17)11-5-3-6-11/h4,7-9,11H,3,5-6,15H2,1-2H3. The van der Waals surface area contributed by atoms with Gasteiger partial charge in [0.1, 0.15) is 5.82 Å². The quantitative estimate of drug-likeness (QED) is 0.860. The maximum atomic E-state index is 6.04. The largest absolute Gasteiger partial charge is 0.324 e. The first kappa shape index (κ1) is 10.8. The van der Waals surface area contributed by atoms with E-state index in [0.717, 1.165) is 5.69 Å². The predicted octanol–water partition coefficient (Wildman–Crippen LogP) is 2.93. The van der Waals surface area contributed by atoms with Crippen molar-refractivity contribution in [3.05, 3.63) is 35.4 Å². The molecule has 2 N–H and O–H groups in total. The number of aryl methyl sites for hydroxylation is 1. The number of aromatic nitrogens is 2. The summed E-state index contributed by atoms with van der Waals surface area (Å²) in [6.45, 7) is 4.12. The van der Waals surface area contributed by atoms with Crippen molar-refractivity contribution in [1.29, 1.82) is 0 Å². The Bertz CT molecular complexity index is 550. The molecule has 0 amide bonds. The van der Waals surface area contributed by atoms with Gasteiger partial charge in [-0.25, -0.2) is 4.98 Å².